The van der Waals surface area contributed by atoms with Crippen molar-refractivity contribution in [3.05, 3.63) is 53.3 Å². The minimum Gasteiger partial charge on any atom is -0.271 e. The lowest BCUT2D eigenvalue weighted by Gasteiger charge is -2.18. The average molecular weight is 216 g/mol. The lowest BCUT2D eigenvalue weighted by Crippen LogP contribution is -2.30. The number of aryl methyl sites for hydroxylation is 2. The minimum atomic E-state index is -0.0197. The highest BCUT2D eigenvalue weighted by atomic mass is 15.3. The Morgan fingerprint density at radius 3 is 2.62 bits per heavy atom. The fraction of sp³-hybridized carbons (Fsp3) is 0.250. The van der Waals surface area contributed by atoms with Gasteiger partial charge in [-0.15, -0.1) is 0 Å². The monoisotopic (exact) mass is 216 g/mol. The van der Waals surface area contributed by atoms with Crippen LogP contribution in [-0.2, 0) is 7.05 Å². The van der Waals surface area contributed by atoms with Crippen molar-refractivity contribution in [1.82, 2.24) is 15.2 Å². The van der Waals surface area contributed by atoms with Crippen LogP contribution in [-0.4, -0.2) is 9.78 Å². The number of nitrogens with one attached hydrogen (secondary N) is 1. The number of rotatable bonds is 3. The second-order valence-electron chi connectivity index (χ2n) is 3.84. The van der Waals surface area contributed by atoms with E-state index in [0.29, 0.717) is 0 Å². The Morgan fingerprint density at radius 1 is 1.31 bits per heavy atom. The first kappa shape index (κ1) is 10.9. The molecule has 1 unspecified atom stereocenters. The molecule has 0 aliphatic rings. The third-order valence-corrected chi connectivity index (χ3v) is 2.82. The fourth-order valence-electron chi connectivity index (χ4n) is 1.91. The highest BCUT2D eigenvalue weighted by molar-refractivity contribution is 5.33. The first-order valence-electron chi connectivity index (χ1n) is 5.23. The summed E-state index contributed by atoms with van der Waals surface area (Å²) in [6, 6.07) is 10.1. The highest BCUT2D eigenvalue weighted by Gasteiger charge is 2.16. The molecule has 0 fully saturated rings. The summed E-state index contributed by atoms with van der Waals surface area (Å²) in [5.74, 6) is 5.64. The quantitative estimate of drug-likeness (QED) is 0.600. The minimum absolute atomic E-state index is 0.0197. The number of aromatic nitrogens is 2. The van der Waals surface area contributed by atoms with Crippen molar-refractivity contribution in [3.8, 4) is 0 Å². The van der Waals surface area contributed by atoms with Crippen molar-refractivity contribution in [1.29, 1.82) is 0 Å². The SMILES string of the molecule is Cc1ccccc1C(NN)c1ccnn1C. The Hall–Kier alpha value is -1.65. The van der Waals surface area contributed by atoms with E-state index in [1.165, 1.54) is 11.1 Å². The summed E-state index contributed by atoms with van der Waals surface area (Å²) in [5, 5.41) is 4.16. The zero-order valence-electron chi connectivity index (χ0n) is 9.51. The van der Waals surface area contributed by atoms with Crippen LogP contribution in [0.25, 0.3) is 0 Å². The van der Waals surface area contributed by atoms with Crippen LogP contribution in [0.1, 0.15) is 22.9 Å². The molecule has 4 heteroatoms. The zero-order chi connectivity index (χ0) is 11.5. The van der Waals surface area contributed by atoms with Gasteiger partial charge in [-0.25, -0.2) is 5.43 Å². The zero-order valence-corrected chi connectivity index (χ0v) is 9.51. The molecule has 1 aromatic heterocycles. The van der Waals surface area contributed by atoms with Gasteiger partial charge in [-0.1, -0.05) is 24.3 Å². The van der Waals surface area contributed by atoms with E-state index in [1.807, 2.05) is 29.9 Å². The maximum Gasteiger partial charge on any atom is 0.0880 e. The average Bonchev–Trinajstić information content (AvgIpc) is 2.69. The highest BCUT2D eigenvalue weighted by Crippen LogP contribution is 2.23. The Bertz CT molecular complexity index is 475. The van der Waals surface area contributed by atoms with Gasteiger partial charge in [0.25, 0.3) is 0 Å². The van der Waals surface area contributed by atoms with Crippen molar-refractivity contribution >= 4 is 0 Å². The molecule has 0 aliphatic carbocycles. The standard InChI is InChI=1S/C12H16N4/c1-9-5-3-4-6-10(9)12(15-13)11-7-8-14-16(11)2/h3-8,12,15H,13H2,1-2H3. The van der Waals surface area contributed by atoms with Crippen molar-refractivity contribution in [2.75, 3.05) is 0 Å². The van der Waals surface area contributed by atoms with E-state index in [9.17, 15) is 0 Å². The largest absolute Gasteiger partial charge is 0.271 e. The number of benzene rings is 1. The smallest absolute Gasteiger partial charge is 0.0880 e. The van der Waals surface area contributed by atoms with Gasteiger partial charge in [0.2, 0.25) is 0 Å². The van der Waals surface area contributed by atoms with Crippen molar-refractivity contribution in [2.45, 2.75) is 13.0 Å². The van der Waals surface area contributed by atoms with E-state index in [1.54, 1.807) is 6.20 Å². The Morgan fingerprint density at radius 2 is 2.06 bits per heavy atom. The second kappa shape index (κ2) is 4.47. The molecule has 1 heterocycles. The molecule has 1 aromatic carbocycles. The number of hydrogen-bond donors (Lipinski definition) is 2. The van der Waals surface area contributed by atoms with E-state index in [-0.39, 0.29) is 6.04 Å². The number of nitrogens with two attached hydrogens (primary N) is 1. The Kier molecular flexibility index (Phi) is 3.03. The number of hydrogen-bond acceptors (Lipinski definition) is 3. The third-order valence-electron chi connectivity index (χ3n) is 2.82. The molecule has 4 nitrogen and oxygen atoms in total. The van der Waals surface area contributed by atoms with Crippen LogP contribution in [0, 0.1) is 6.92 Å². The van der Waals surface area contributed by atoms with Crippen LogP contribution in [0.4, 0.5) is 0 Å². The van der Waals surface area contributed by atoms with Gasteiger partial charge in [-0.3, -0.25) is 10.5 Å². The number of hydrazine groups is 1. The van der Waals surface area contributed by atoms with E-state index < -0.39 is 0 Å². The molecule has 0 amide bonds. The molecule has 0 spiro atoms. The normalized spacial score (nSPS) is 12.7. The molecule has 0 saturated heterocycles. The fourth-order valence-corrected chi connectivity index (χ4v) is 1.91. The van der Waals surface area contributed by atoms with Gasteiger partial charge < -0.3 is 0 Å². The van der Waals surface area contributed by atoms with Crippen LogP contribution in [0.5, 0.6) is 0 Å². The van der Waals surface area contributed by atoms with Gasteiger partial charge in [-0.2, -0.15) is 5.10 Å². The summed E-state index contributed by atoms with van der Waals surface area (Å²) in [5.41, 5.74) is 6.28. The second-order valence-corrected chi connectivity index (χ2v) is 3.84. The van der Waals surface area contributed by atoms with E-state index in [4.69, 9.17) is 5.84 Å². The first-order valence-corrected chi connectivity index (χ1v) is 5.23. The van der Waals surface area contributed by atoms with Crippen LogP contribution in [0.15, 0.2) is 36.5 Å². The molecule has 0 radical (unpaired) electrons. The van der Waals surface area contributed by atoms with Crippen molar-refractivity contribution in [3.63, 3.8) is 0 Å². The predicted molar refractivity (Wildman–Crippen MR) is 63.6 cm³/mol. The third kappa shape index (κ3) is 1.85. The van der Waals surface area contributed by atoms with Gasteiger partial charge in [-0.05, 0) is 24.1 Å². The van der Waals surface area contributed by atoms with Crippen LogP contribution in [0.3, 0.4) is 0 Å². The molecule has 0 bridgehead atoms. The van der Waals surface area contributed by atoms with Gasteiger partial charge in [0, 0.05) is 13.2 Å². The molecule has 84 valence electrons. The lowest BCUT2D eigenvalue weighted by molar-refractivity contribution is 0.573. The molecule has 2 aromatic rings. The molecule has 16 heavy (non-hydrogen) atoms. The maximum atomic E-state index is 5.64. The summed E-state index contributed by atoms with van der Waals surface area (Å²) >= 11 is 0. The summed E-state index contributed by atoms with van der Waals surface area (Å²) in [6.45, 7) is 2.08. The lowest BCUT2D eigenvalue weighted by atomic mass is 9.99. The Balaban J connectivity index is 2.45. The Labute approximate surface area is 95.1 Å². The summed E-state index contributed by atoms with van der Waals surface area (Å²) in [6.07, 6.45) is 1.78. The summed E-state index contributed by atoms with van der Waals surface area (Å²) < 4.78 is 1.83. The maximum absolute atomic E-state index is 5.64. The van der Waals surface area contributed by atoms with Gasteiger partial charge in [0.05, 0.1) is 11.7 Å². The molecule has 0 saturated carbocycles. The molecule has 1 atom stereocenters. The number of nitrogens with zero attached hydrogens (tertiary/aromatic N) is 2. The van der Waals surface area contributed by atoms with E-state index in [2.05, 4.69) is 29.6 Å². The van der Waals surface area contributed by atoms with E-state index in [0.717, 1.165) is 5.69 Å². The van der Waals surface area contributed by atoms with Crippen molar-refractivity contribution < 1.29 is 0 Å². The van der Waals surface area contributed by atoms with Gasteiger partial charge in [0.15, 0.2) is 0 Å². The summed E-state index contributed by atoms with van der Waals surface area (Å²) in [7, 11) is 1.91. The van der Waals surface area contributed by atoms with Crippen LogP contribution in [0.2, 0.25) is 0 Å². The molecular weight excluding hydrogens is 200 g/mol. The van der Waals surface area contributed by atoms with Gasteiger partial charge in [0.1, 0.15) is 0 Å². The molecule has 2 rings (SSSR count). The molecule has 3 N–H and O–H groups in total. The van der Waals surface area contributed by atoms with E-state index >= 15 is 0 Å². The molecular formula is C12H16N4. The first-order chi connectivity index (χ1) is 7.74. The topological polar surface area (TPSA) is 55.9 Å². The summed E-state index contributed by atoms with van der Waals surface area (Å²) in [4.78, 5) is 0. The predicted octanol–water partition coefficient (Wildman–Crippen LogP) is 1.28. The van der Waals surface area contributed by atoms with Gasteiger partial charge >= 0.3 is 0 Å². The molecule has 0 aliphatic heterocycles. The van der Waals surface area contributed by atoms with Crippen LogP contribution >= 0.6 is 0 Å². The van der Waals surface area contributed by atoms with Crippen LogP contribution < -0.4 is 11.3 Å². The van der Waals surface area contributed by atoms with Crippen molar-refractivity contribution in [2.24, 2.45) is 12.9 Å².